The van der Waals surface area contributed by atoms with Gasteiger partial charge in [-0.25, -0.2) is 9.97 Å². The van der Waals surface area contributed by atoms with Crippen LogP contribution < -0.4 is 10.7 Å². The third-order valence-electron chi connectivity index (χ3n) is 4.70. The van der Waals surface area contributed by atoms with Crippen molar-refractivity contribution in [3.05, 3.63) is 55.4 Å². The van der Waals surface area contributed by atoms with Gasteiger partial charge in [0.2, 0.25) is 5.43 Å². The molecule has 142 valence electrons. The van der Waals surface area contributed by atoms with Crippen LogP contribution in [0.5, 0.6) is 0 Å². The maximum atomic E-state index is 12.9. The number of pyridine rings is 2. The molecular weight excluding hydrogens is 360 g/mol. The number of rotatable bonds is 5. The highest BCUT2D eigenvalue weighted by molar-refractivity contribution is 7.11. The molecule has 0 aliphatic carbocycles. The van der Waals surface area contributed by atoms with E-state index < -0.39 is 0 Å². The molecule has 0 radical (unpaired) electrons. The van der Waals surface area contributed by atoms with Crippen molar-refractivity contribution in [1.29, 1.82) is 0 Å². The molecule has 1 amide bonds. The van der Waals surface area contributed by atoms with Gasteiger partial charge in [-0.1, -0.05) is 6.92 Å². The van der Waals surface area contributed by atoms with Crippen molar-refractivity contribution in [1.82, 2.24) is 19.9 Å². The lowest BCUT2D eigenvalue weighted by Crippen LogP contribution is -2.33. The lowest BCUT2D eigenvalue weighted by molar-refractivity contribution is 0.0934. The SMILES string of the molecule is CC[C@H](NC(=O)c1cn(CC)c2nc(C)ccc2c1=O)c1nc(C)c(C)s1. The van der Waals surface area contributed by atoms with Crippen LogP contribution in [0, 0.1) is 20.8 Å². The Labute approximate surface area is 162 Å². The van der Waals surface area contributed by atoms with Gasteiger partial charge in [0.15, 0.2) is 0 Å². The van der Waals surface area contributed by atoms with E-state index in [1.165, 1.54) is 0 Å². The number of carbonyl (C=O) groups is 1. The highest BCUT2D eigenvalue weighted by atomic mass is 32.1. The predicted octanol–water partition coefficient (Wildman–Crippen LogP) is 3.68. The van der Waals surface area contributed by atoms with E-state index in [9.17, 15) is 9.59 Å². The van der Waals surface area contributed by atoms with E-state index >= 15 is 0 Å². The molecule has 27 heavy (non-hydrogen) atoms. The zero-order valence-corrected chi connectivity index (χ0v) is 17.1. The first kappa shape index (κ1) is 19.2. The van der Waals surface area contributed by atoms with Gasteiger partial charge in [-0.15, -0.1) is 11.3 Å². The summed E-state index contributed by atoms with van der Waals surface area (Å²) in [6.07, 6.45) is 2.31. The van der Waals surface area contributed by atoms with Crippen molar-refractivity contribution in [3.63, 3.8) is 0 Å². The molecule has 0 saturated heterocycles. The monoisotopic (exact) mass is 384 g/mol. The van der Waals surface area contributed by atoms with Crippen molar-refractivity contribution >= 4 is 28.3 Å². The maximum absolute atomic E-state index is 12.9. The highest BCUT2D eigenvalue weighted by Crippen LogP contribution is 2.25. The van der Waals surface area contributed by atoms with Crippen LogP contribution in [0.15, 0.2) is 23.1 Å². The summed E-state index contributed by atoms with van der Waals surface area (Å²) in [5, 5.41) is 4.32. The highest BCUT2D eigenvalue weighted by Gasteiger charge is 2.21. The van der Waals surface area contributed by atoms with E-state index in [1.54, 1.807) is 29.7 Å². The van der Waals surface area contributed by atoms with E-state index in [2.05, 4.69) is 15.3 Å². The van der Waals surface area contributed by atoms with Gasteiger partial charge in [-0.3, -0.25) is 9.59 Å². The molecule has 3 aromatic rings. The van der Waals surface area contributed by atoms with Crippen LogP contribution in [-0.2, 0) is 6.54 Å². The maximum Gasteiger partial charge on any atom is 0.257 e. The van der Waals surface area contributed by atoms with Crippen molar-refractivity contribution in [2.24, 2.45) is 0 Å². The molecule has 0 fully saturated rings. The summed E-state index contributed by atoms with van der Waals surface area (Å²) in [6.45, 7) is 10.4. The zero-order chi connectivity index (χ0) is 19.7. The summed E-state index contributed by atoms with van der Waals surface area (Å²) in [7, 11) is 0. The van der Waals surface area contributed by atoms with Gasteiger partial charge < -0.3 is 9.88 Å². The Balaban J connectivity index is 2.01. The number of aryl methyl sites for hydroxylation is 4. The molecule has 1 N–H and O–H groups in total. The minimum atomic E-state index is -0.373. The molecule has 0 aliphatic heterocycles. The Morgan fingerprint density at radius 2 is 1.96 bits per heavy atom. The molecule has 0 spiro atoms. The van der Waals surface area contributed by atoms with Crippen molar-refractivity contribution in [2.45, 2.75) is 53.6 Å². The molecule has 0 unspecified atom stereocenters. The second kappa shape index (κ2) is 7.60. The van der Waals surface area contributed by atoms with Crippen LogP contribution in [0.4, 0.5) is 0 Å². The van der Waals surface area contributed by atoms with E-state index in [0.29, 0.717) is 24.0 Å². The number of carbonyl (C=O) groups excluding carboxylic acids is 1. The Morgan fingerprint density at radius 1 is 1.22 bits per heavy atom. The molecule has 7 heteroatoms. The number of aromatic nitrogens is 3. The largest absolute Gasteiger partial charge is 0.343 e. The average Bonchev–Trinajstić information content (AvgIpc) is 2.98. The predicted molar refractivity (Wildman–Crippen MR) is 109 cm³/mol. The van der Waals surface area contributed by atoms with Crippen LogP contribution >= 0.6 is 11.3 Å². The van der Waals surface area contributed by atoms with Crippen LogP contribution in [0.3, 0.4) is 0 Å². The van der Waals surface area contributed by atoms with E-state index in [4.69, 9.17) is 0 Å². The fourth-order valence-electron chi connectivity index (χ4n) is 2.98. The molecule has 0 bridgehead atoms. The Kier molecular flexibility index (Phi) is 5.41. The second-order valence-electron chi connectivity index (χ2n) is 6.61. The molecule has 6 nitrogen and oxygen atoms in total. The normalized spacial score (nSPS) is 12.3. The minimum Gasteiger partial charge on any atom is -0.343 e. The van der Waals surface area contributed by atoms with Crippen molar-refractivity contribution in [2.75, 3.05) is 0 Å². The Morgan fingerprint density at radius 3 is 2.56 bits per heavy atom. The van der Waals surface area contributed by atoms with Gasteiger partial charge in [-0.2, -0.15) is 0 Å². The van der Waals surface area contributed by atoms with Crippen molar-refractivity contribution < 1.29 is 4.79 Å². The van der Waals surface area contributed by atoms with Crippen LogP contribution in [-0.4, -0.2) is 20.4 Å². The fraction of sp³-hybridized carbons (Fsp3) is 0.400. The molecule has 1 atom stereocenters. The standard InChI is InChI=1S/C20H24N4O2S/c1-6-16(20-22-12(4)13(5)27-20)23-19(26)15-10-24(7-2)18-14(17(15)25)9-8-11(3)21-18/h8-10,16H,6-7H2,1-5H3,(H,23,26)/t16-/m0/s1. The van der Waals surface area contributed by atoms with Gasteiger partial charge in [0.05, 0.1) is 17.1 Å². The molecule has 3 heterocycles. The summed E-state index contributed by atoms with van der Waals surface area (Å²) in [6, 6.07) is 3.33. The van der Waals surface area contributed by atoms with E-state index in [1.807, 2.05) is 39.2 Å². The number of thiazole rings is 1. The fourth-order valence-corrected chi connectivity index (χ4v) is 4.04. The molecule has 0 saturated carbocycles. The Bertz CT molecular complexity index is 1050. The summed E-state index contributed by atoms with van der Waals surface area (Å²) >= 11 is 1.58. The number of hydrogen-bond donors (Lipinski definition) is 1. The first-order chi connectivity index (χ1) is 12.8. The van der Waals surface area contributed by atoms with Crippen LogP contribution in [0.25, 0.3) is 11.0 Å². The lowest BCUT2D eigenvalue weighted by atomic mass is 10.1. The molecule has 3 rings (SSSR count). The average molecular weight is 385 g/mol. The number of nitrogens with one attached hydrogen (secondary N) is 1. The quantitative estimate of drug-likeness (QED) is 0.728. The summed E-state index contributed by atoms with van der Waals surface area (Å²) in [5.74, 6) is -0.373. The van der Waals surface area contributed by atoms with Crippen LogP contribution in [0.1, 0.15) is 57.9 Å². The molecule has 0 aliphatic rings. The van der Waals surface area contributed by atoms with Gasteiger partial charge in [-0.05, 0) is 46.2 Å². The van der Waals surface area contributed by atoms with Crippen LogP contribution in [0.2, 0.25) is 0 Å². The van der Waals surface area contributed by atoms with Gasteiger partial charge in [0, 0.05) is 23.3 Å². The minimum absolute atomic E-state index is 0.137. The van der Waals surface area contributed by atoms with Gasteiger partial charge in [0.25, 0.3) is 5.91 Å². The first-order valence-electron chi connectivity index (χ1n) is 9.11. The molecule has 3 aromatic heterocycles. The van der Waals surface area contributed by atoms with Crippen molar-refractivity contribution in [3.8, 4) is 0 Å². The Hall–Kier alpha value is -2.54. The van der Waals surface area contributed by atoms with E-state index in [0.717, 1.165) is 21.3 Å². The second-order valence-corrected chi connectivity index (χ2v) is 7.84. The lowest BCUT2D eigenvalue weighted by Gasteiger charge is -2.16. The molecule has 0 aromatic carbocycles. The van der Waals surface area contributed by atoms with Gasteiger partial charge in [0.1, 0.15) is 16.2 Å². The number of fused-ring (bicyclic) bond motifs is 1. The van der Waals surface area contributed by atoms with E-state index in [-0.39, 0.29) is 22.9 Å². The topological polar surface area (TPSA) is 76.9 Å². The molecular formula is C20H24N4O2S. The zero-order valence-electron chi connectivity index (χ0n) is 16.3. The smallest absolute Gasteiger partial charge is 0.257 e. The number of amides is 1. The summed E-state index contributed by atoms with van der Waals surface area (Å²) in [4.78, 5) is 36.0. The third kappa shape index (κ3) is 3.64. The number of hydrogen-bond acceptors (Lipinski definition) is 5. The van der Waals surface area contributed by atoms with Gasteiger partial charge >= 0.3 is 0 Å². The number of nitrogens with zero attached hydrogens (tertiary/aromatic N) is 3. The summed E-state index contributed by atoms with van der Waals surface area (Å²) in [5.41, 5.74) is 2.27. The first-order valence-corrected chi connectivity index (χ1v) is 9.92. The third-order valence-corrected chi connectivity index (χ3v) is 5.89. The summed E-state index contributed by atoms with van der Waals surface area (Å²) < 4.78 is 1.84.